The maximum Gasteiger partial charge on any atom is 0.218 e. The first-order valence-electron chi connectivity index (χ1n) is 12.5. The zero-order chi connectivity index (χ0) is 27.4. The number of hydrogen-bond donors (Lipinski definition) is 1. The largest absolute Gasteiger partial charge is 0.372 e. The van der Waals surface area contributed by atoms with Crippen molar-refractivity contribution in [1.82, 2.24) is 0 Å². The molecule has 8 heteroatoms. The van der Waals surface area contributed by atoms with E-state index in [2.05, 4.69) is 30.9 Å². The number of aryl methyl sites for hydroxylation is 2. The van der Waals surface area contributed by atoms with Gasteiger partial charge in [-0.25, -0.2) is 9.20 Å². The van der Waals surface area contributed by atoms with E-state index in [1.54, 1.807) is 42.5 Å². The summed E-state index contributed by atoms with van der Waals surface area (Å²) in [6, 6.07) is 18.2. The van der Waals surface area contributed by atoms with Gasteiger partial charge in [0.05, 0.1) is 22.8 Å². The van der Waals surface area contributed by atoms with Gasteiger partial charge >= 0.3 is 0 Å². The minimum atomic E-state index is -1.97. The van der Waals surface area contributed by atoms with Crippen LogP contribution in [-0.4, -0.2) is 39.8 Å². The number of Topliss-reactive ketones (excluding diaryl/α,β-unsaturated/α-hetero) is 1. The van der Waals surface area contributed by atoms with Gasteiger partial charge in [-0.05, 0) is 74.7 Å². The number of benzene rings is 3. The van der Waals surface area contributed by atoms with Crippen LogP contribution in [0, 0.1) is 13.8 Å². The summed E-state index contributed by atoms with van der Waals surface area (Å²) in [5.41, 5.74) is 7.10. The second kappa shape index (κ2) is 11.7. The lowest BCUT2D eigenvalue weighted by Gasteiger charge is -2.25. The van der Waals surface area contributed by atoms with Gasteiger partial charge in [-0.1, -0.05) is 36.4 Å². The Hall–Kier alpha value is -3.88. The molecular weight excluding hydrogens is 498 g/mol. The highest BCUT2D eigenvalue weighted by Crippen LogP contribution is 2.33. The van der Waals surface area contributed by atoms with Crippen molar-refractivity contribution in [2.45, 2.75) is 33.4 Å². The third kappa shape index (κ3) is 5.51. The van der Waals surface area contributed by atoms with Gasteiger partial charge in [-0.3, -0.25) is 14.5 Å². The van der Waals surface area contributed by atoms with Crippen molar-refractivity contribution in [2.75, 3.05) is 22.9 Å². The molecule has 0 fully saturated rings. The lowest BCUT2D eigenvalue weighted by molar-refractivity contribution is -0.107. The Balaban J connectivity index is 1.82. The number of fused-ring (bicyclic) bond motifs is 1. The molecule has 3 aromatic rings. The first-order chi connectivity index (χ1) is 18.3. The second-order valence-electron chi connectivity index (χ2n) is 9.11. The van der Waals surface area contributed by atoms with Gasteiger partial charge in [0.25, 0.3) is 0 Å². The van der Waals surface area contributed by atoms with Crippen LogP contribution in [0.15, 0.2) is 77.4 Å². The highest BCUT2D eigenvalue weighted by Gasteiger charge is 2.29. The Morgan fingerprint density at radius 2 is 1.53 bits per heavy atom. The smallest absolute Gasteiger partial charge is 0.218 e. The minimum Gasteiger partial charge on any atom is -0.372 e. The standard InChI is InChI=1S/C30H31N3O4S/c1-5-32(6-2)24-15-20(3)29(21(4)16-24)31-27-17-28(30(35)26-10-8-7-9-25(26)27)33(19-34)23-13-11-22(12-14-23)18-38(36)37/h7-17,19H,5-6,18H2,1-4H3,(H,36,37). The molecule has 0 aliphatic heterocycles. The quantitative estimate of drug-likeness (QED) is 0.282. The Morgan fingerprint density at radius 3 is 2.08 bits per heavy atom. The van der Waals surface area contributed by atoms with Crippen molar-refractivity contribution in [3.63, 3.8) is 0 Å². The first kappa shape index (κ1) is 27.2. The fourth-order valence-electron chi connectivity index (χ4n) is 4.74. The predicted octanol–water partition coefficient (Wildman–Crippen LogP) is 5.74. The molecule has 1 aliphatic rings. The zero-order valence-corrected chi connectivity index (χ0v) is 22.8. The number of carbonyl (C=O) groups excluding carboxylic acids is 2. The molecule has 0 saturated heterocycles. The first-order valence-corrected chi connectivity index (χ1v) is 13.8. The molecular formula is C30H31N3O4S. The maximum absolute atomic E-state index is 13.5. The van der Waals surface area contributed by atoms with E-state index in [1.165, 1.54) is 4.90 Å². The highest BCUT2D eigenvalue weighted by atomic mass is 32.2. The lowest BCUT2D eigenvalue weighted by Crippen LogP contribution is -2.30. The van der Waals surface area contributed by atoms with Crippen molar-refractivity contribution < 1.29 is 18.4 Å². The van der Waals surface area contributed by atoms with Crippen LogP contribution in [0.5, 0.6) is 0 Å². The van der Waals surface area contributed by atoms with E-state index in [4.69, 9.17) is 9.55 Å². The molecule has 1 aliphatic carbocycles. The maximum atomic E-state index is 13.5. The fraction of sp³-hybridized carbons (Fsp3) is 0.233. The third-order valence-corrected chi connectivity index (χ3v) is 7.24. The minimum absolute atomic E-state index is 0.0149. The number of anilines is 2. The van der Waals surface area contributed by atoms with Crippen LogP contribution >= 0.6 is 0 Å². The number of allylic oxidation sites excluding steroid dienone is 2. The van der Waals surface area contributed by atoms with Crippen molar-refractivity contribution >= 4 is 46.0 Å². The van der Waals surface area contributed by atoms with E-state index in [0.717, 1.165) is 35.6 Å². The van der Waals surface area contributed by atoms with Crippen molar-refractivity contribution in [1.29, 1.82) is 0 Å². The molecule has 1 unspecified atom stereocenters. The molecule has 0 heterocycles. The normalized spacial score (nSPS) is 14.6. The fourth-order valence-corrected chi connectivity index (χ4v) is 5.22. The summed E-state index contributed by atoms with van der Waals surface area (Å²) >= 11 is -1.97. The molecule has 0 saturated carbocycles. The number of amides is 1. The Labute approximate surface area is 225 Å². The van der Waals surface area contributed by atoms with E-state index in [-0.39, 0.29) is 17.2 Å². The molecule has 1 N–H and O–H groups in total. The molecule has 1 atom stereocenters. The SMILES string of the molecule is CCN(CC)c1cc(C)c(N=C2C=C(N(C=O)c3ccc(CS(=O)O)cc3)C(=O)c3ccccc32)c(C)c1. The van der Waals surface area contributed by atoms with E-state index in [1.807, 2.05) is 26.0 Å². The number of nitrogens with zero attached hydrogens (tertiary/aromatic N) is 3. The summed E-state index contributed by atoms with van der Waals surface area (Å²) in [6.45, 7) is 10.1. The van der Waals surface area contributed by atoms with E-state index in [0.29, 0.717) is 34.5 Å². The van der Waals surface area contributed by atoms with Gasteiger partial charge in [-0.2, -0.15) is 0 Å². The second-order valence-corrected chi connectivity index (χ2v) is 10.0. The summed E-state index contributed by atoms with van der Waals surface area (Å²) in [5, 5.41) is 0. The van der Waals surface area contributed by atoms with E-state index >= 15 is 0 Å². The molecule has 0 bridgehead atoms. The van der Waals surface area contributed by atoms with Crippen LogP contribution < -0.4 is 9.80 Å². The van der Waals surface area contributed by atoms with Gasteiger partial charge in [0.1, 0.15) is 0 Å². The topological polar surface area (TPSA) is 90.3 Å². The highest BCUT2D eigenvalue weighted by molar-refractivity contribution is 7.78. The van der Waals surface area contributed by atoms with Crippen LogP contribution in [-0.2, 0) is 21.6 Å². The summed E-state index contributed by atoms with van der Waals surface area (Å²) in [6.07, 6.45) is 2.26. The Bertz CT molecular complexity index is 1430. The number of carbonyl (C=O) groups is 2. The molecule has 1 amide bonds. The number of aliphatic imine (C=N–C) groups is 1. The van der Waals surface area contributed by atoms with Gasteiger partial charge in [0.15, 0.2) is 11.1 Å². The van der Waals surface area contributed by atoms with Crippen molar-refractivity contribution in [3.05, 3.63) is 100 Å². The summed E-state index contributed by atoms with van der Waals surface area (Å²) in [7, 11) is 0. The zero-order valence-electron chi connectivity index (χ0n) is 22.0. The van der Waals surface area contributed by atoms with Crippen LogP contribution in [0.25, 0.3) is 0 Å². The van der Waals surface area contributed by atoms with Crippen molar-refractivity contribution in [2.24, 2.45) is 4.99 Å². The summed E-state index contributed by atoms with van der Waals surface area (Å²) < 4.78 is 20.3. The van der Waals surface area contributed by atoms with Crippen molar-refractivity contribution in [3.8, 4) is 0 Å². The average molecular weight is 530 g/mol. The summed E-state index contributed by atoms with van der Waals surface area (Å²) in [5.74, 6) is -0.295. The Morgan fingerprint density at radius 1 is 0.921 bits per heavy atom. The van der Waals surface area contributed by atoms with E-state index in [9.17, 15) is 13.8 Å². The number of ketones is 1. The molecule has 0 spiro atoms. The molecule has 3 aromatic carbocycles. The number of rotatable bonds is 9. The van der Waals surface area contributed by atoms with Gasteiger partial charge in [0.2, 0.25) is 12.2 Å². The monoisotopic (exact) mass is 529 g/mol. The summed E-state index contributed by atoms with van der Waals surface area (Å²) in [4.78, 5) is 34.4. The third-order valence-electron chi connectivity index (χ3n) is 6.66. The molecule has 4 rings (SSSR count). The van der Waals surface area contributed by atoms with E-state index < -0.39 is 11.1 Å². The van der Waals surface area contributed by atoms with Crippen LogP contribution in [0.1, 0.15) is 46.5 Å². The van der Waals surface area contributed by atoms with Crippen LogP contribution in [0.2, 0.25) is 0 Å². The number of hydrogen-bond acceptors (Lipinski definition) is 5. The molecule has 0 aromatic heterocycles. The molecule has 196 valence electrons. The van der Waals surface area contributed by atoms with Crippen LogP contribution in [0.4, 0.5) is 17.1 Å². The molecule has 38 heavy (non-hydrogen) atoms. The van der Waals surface area contributed by atoms with Gasteiger partial charge in [0, 0.05) is 35.6 Å². The lowest BCUT2D eigenvalue weighted by atomic mass is 9.91. The predicted molar refractivity (Wildman–Crippen MR) is 154 cm³/mol. The average Bonchev–Trinajstić information content (AvgIpc) is 2.90. The molecule has 7 nitrogen and oxygen atoms in total. The van der Waals surface area contributed by atoms with Crippen LogP contribution in [0.3, 0.4) is 0 Å². The van der Waals surface area contributed by atoms with Gasteiger partial charge < -0.3 is 9.45 Å². The van der Waals surface area contributed by atoms with Gasteiger partial charge in [-0.15, -0.1) is 0 Å². The molecule has 0 radical (unpaired) electrons. The Kier molecular flexibility index (Phi) is 8.34.